The number of amides is 2. The molecule has 2 amide bonds. The normalized spacial score (nSPS) is 11.8. The largest absolute Gasteiger partial charge is 0.481 e. The smallest absolute Gasteiger partial charge is 0.255 e. The summed E-state index contributed by atoms with van der Waals surface area (Å²) < 4.78 is 5.20. The van der Waals surface area contributed by atoms with E-state index >= 15 is 0 Å². The number of benzene rings is 1. The Kier molecular flexibility index (Phi) is 7.71. The van der Waals surface area contributed by atoms with E-state index in [1.807, 2.05) is 24.3 Å². The van der Waals surface area contributed by atoms with Crippen molar-refractivity contribution in [3.05, 3.63) is 60.4 Å². The van der Waals surface area contributed by atoms with Crippen molar-refractivity contribution < 1.29 is 14.3 Å². The molecule has 0 aliphatic rings. The van der Waals surface area contributed by atoms with Gasteiger partial charge in [-0.1, -0.05) is 25.0 Å². The first kappa shape index (κ1) is 23.9. The summed E-state index contributed by atoms with van der Waals surface area (Å²) in [7, 11) is 3.24. The number of imidazole rings is 1. The summed E-state index contributed by atoms with van der Waals surface area (Å²) in [4.78, 5) is 36.4. The number of hydrogen-bond donors (Lipinski definition) is 4. The number of unbranched alkanes of at least 4 members (excludes halogenated alkanes) is 2. The van der Waals surface area contributed by atoms with Crippen molar-refractivity contribution in [1.82, 2.24) is 35.8 Å². The molecular formula is C25H29N7O3. The molecule has 1 atom stereocenters. The Morgan fingerprint density at radius 3 is 2.71 bits per heavy atom. The molecule has 0 spiro atoms. The quantitative estimate of drug-likeness (QED) is 0.245. The molecule has 0 saturated carbocycles. The van der Waals surface area contributed by atoms with Crippen LogP contribution in [0.5, 0.6) is 5.88 Å². The topological polar surface area (TPSA) is 138 Å². The Bertz CT molecular complexity index is 1280. The van der Waals surface area contributed by atoms with Gasteiger partial charge >= 0.3 is 0 Å². The van der Waals surface area contributed by atoms with E-state index in [2.05, 4.69) is 35.8 Å². The summed E-state index contributed by atoms with van der Waals surface area (Å²) in [5.74, 6) is 1.06. The minimum Gasteiger partial charge on any atom is -0.481 e. The van der Waals surface area contributed by atoms with Crippen molar-refractivity contribution in [1.29, 1.82) is 0 Å². The van der Waals surface area contributed by atoms with Crippen molar-refractivity contribution in [2.24, 2.45) is 0 Å². The van der Waals surface area contributed by atoms with E-state index < -0.39 is 0 Å². The van der Waals surface area contributed by atoms with E-state index in [0.717, 1.165) is 41.3 Å². The highest BCUT2D eigenvalue weighted by Crippen LogP contribution is 2.27. The van der Waals surface area contributed by atoms with Crippen molar-refractivity contribution in [3.63, 3.8) is 0 Å². The summed E-state index contributed by atoms with van der Waals surface area (Å²) in [6, 6.07) is 7.65. The van der Waals surface area contributed by atoms with Crippen molar-refractivity contribution in [2.75, 3.05) is 14.2 Å². The number of pyridine rings is 1. The lowest BCUT2D eigenvalue weighted by atomic mass is 10.1. The Labute approximate surface area is 202 Å². The number of rotatable bonds is 11. The second kappa shape index (κ2) is 11.3. The zero-order chi connectivity index (χ0) is 24.6. The van der Waals surface area contributed by atoms with Gasteiger partial charge in [-0.05, 0) is 24.3 Å². The Morgan fingerprint density at radius 2 is 1.94 bits per heavy atom. The lowest BCUT2D eigenvalue weighted by Gasteiger charge is -2.16. The molecule has 0 aliphatic carbocycles. The summed E-state index contributed by atoms with van der Waals surface area (Å²) >= 11 is 0. The Hall–Kier alpha value is -4.21. The maximum Gasteiger partial charge on any atom is 0.255 e. The van der Waals surface area contributed by atoms with E-state index in [-0.39, 0.29) is 17.9 Å². The van der Waals surface area contributed by atoms with E-state index in [9.17, 15) is 9.59 Å². The predicted molar refractivity (Wildman–Crippen MR) is 132 cm³/mol. The molecule has 4 N–H and O–H groups in total. The fourth-order valence-electron chi connectivity index (χ4n) is 3.89. The van der Waals surface area contributed by atoms with E-state index in [1.165, 1.54) is 6.20 Å². The number of carbonyl (C=O) groups is 2. The van der Waals surface area contributed by atoms with Gasteiger partial charge in [0.05, 0.1) is 36.8 Å². The molecule has 3 aromatic heterocycles. The third-order valence-corrected chi connectivity index (χ3v) is 5.88. The Morgan fingerprint density at radius 1 is 1.06 bits per heavy atom. The first-order valence-electron chi connectivity index (χ1n) is 11.6. The number of ether oxygens (including phenoxy) is 1. The number of fused-ring (bicyclic) bond motifs is 1. The van der Waals surface area contributed by atoms with Crippen molar-refractivity contribution in [2.45, 2.75) is 38.1 Å². The molecule has 10 nitrogen and oxygen atoms in total. The number of H-pyrrole nitrogens is 2. The first-order chi connectivity index (χ1) is 17.1. The SMILES string of the molecule is CNC(=O)CCCCCC(NC(=O)c1cn[nH]c1)c1ncc(-c2ccc3cc(OC)ncc3c2)[nH]1. The zero-order valence-corrected chi connectivity index (χ0v) is 19.8. The average molecular weight is 476 g/mol. The van der Waals surface area contributed by atoms with Crippen LogP contribution in [0.3, 0.4) is 0 Å². The summed E-state index contributed by atoms with van der Waals surface area (Å²) in [5.41, 5.74) is 2.27. The van der Waals surface area contributed by atoms with Gasteiger partial charge in [0.1, 0.15) is 5.82 Å². The van der Waals surface area contributed by atoms with Gasteiger partial charge in [0.15, 0.2) is 0 Å². The molecule has 4 aromatic rings. The predicted octanol–water partition coefficient (Wildman–Crippen LogP) is 3.52. The third kappa shape index (κ3) is 6.03. The van der Waals surface area contributed by atoms with Gasteiger partial charge in [-0.2, -0.15) is 5.10 Å². The molecule has 0 saturated heterocycles. The van der Waals surface area contributed by atoms with Gasteiger partial charge in [-0.3, -0.25) is 14.7 Å². The first-order valence-corrected chi connectivity index (χ1v) is 11.6. The minimum atomic E-state index is -0.308. The standard InChI is InChI=1S/C25H29N7O3/c1-26-22(33)7-5-3-4-6-20(32-25(34)19-13-29-30-14-19)24-28-15-21(31-24)17-9-8-16-11-23(35-2)27-12-18(16)10-17/h8-15,20H,3-7H2,1-2H3,(H,26,33)(H,28,31)(H,29,30)(H,32,34). The van der Waals surface area contributed by atoms with Crippen LogP contribution in [0.15, 0.2) is 49.1 Å². The summed E-state index contributed by atoms with van der Waals surface area (Å²) in [6.07, 6.45) is 10.3. The second-order valence-corrected chi connectivity index (χ2v) is 8.26. The van der Waals surface area contributed by atoms with Gasteiger partial charge in [0, 0.05) is 42.9 Å². The fourth-order valence-corrected chi connectivity index (χ4v) is 3.89. The van der Waals surface area contributed by atoms with Gasteiger partial charge in [0.25, 0.3) is 5.91 Å². The summed E-state index contributed by atoms with van der Waals surface area (Å²) in [5, 5.41) is 14.2. The molecule has 0 fully saturated rings. The molecule has 1 unspecified atom stereocenters. The fraction of sp³-hybridized carbons (Fsp3) is 0.320. The van der Waals surface area contributed by atoms with Crippen LogP contribution < -0.4 is 15.4 Å². The van der Waals surface area contributed by atoms with E-state index in [1.54, 1.807) is 32.7 Å². The number of aromatic nitrogens is 5. The van der Waals surface area contributed by atoms with Crippen LogP contribution in [0, 0.1) is 0 Å². The van der Waals surface area contributed by atoms with Crippen molar-refractivity contribution >= 4 is 22.6 Å². The van der Waals surface area contributed by atoms with E-state index in [4.69, 9.17) is 4.74 Å². The summed E-state index contributed by atoms with van der Waals surface area (Å²) in [6.45, 7) is 0. The molecule has 0 radical (unpaired) electrons. The number of methoxy groups -OCH3 is 1. The maximum absolute atomic E-state index is 12.7. The van der Waals surface area contributed by atoms with Gasteiger partial charge in [-0.15, -0.1) is 0 Å². The third-order valence-electron chi connectivity index (χ3n) is 5.88. The van der Waals surface area contributed by atoms with Crippen LogP contribution >= 0.6 is 0 Å². The number of carbonyl (C=O) groups excluding carboxylic acids is 2. The lowest BCUT2D eigenvalue weighted by molar-refractivity contribution is -0.120. The number of nitrogens with one attached hydrogen (secondary N) is 4. The van der Waals surface area contributed by atoms with Crippen LogP contribution in [-0.2, 0) is 4.79 Å². The maximum atomic E-state index is 12.7. The minimum absolute atomic E-state index is 0.0366. The second-order valence-electron chi connectivity index (χ2n) is 8.26. The molecule has 3 heterocycles. The van der Waals surface area contributed by atoms with Crippen LogP contribution in [0.25, 0.3) is 22.0 Å². The molecule has 35 heavy (non-hydrogen) atoms. The lowest BCUT2D eigenvalue weighted by Crippen LogP contribution is -2.29. The van der Waals surface area contributed by atoms with Crippen LogP contribution in [-0.4, -0.2) is 51.1 Å². The molecule has 4 rings (SSSR count). The molecule has 0 bridgehead atoms. The molecule has 10 heteroatoms. The van der Waals surface area contributed by atoms with Crippen LogP contribution in [0.4, 0.5) is 0 Å². The van der Waals surface area contributed by atoms with Crippen LogP contribution in [0.1, 0.15) is 54.3 Å². The molecule has 1 aromatic carbocycles. The van der Waals surface area contributed by atoms with Gasteiger partial charge in [-0.25, -0.2) is 9.97 Å². The molecule has 182 valence electrons. The number of aromatic amines is 2. The highest BCUT2D eigenvalue weighted by Gasteiger charge is 2.20. The average Bonchev–Trinajstić information content (AvgIpc) is 3.60. The van der Waals surface area contributed by atoms with Crippen LogP contribution in [0.2, 0.25) is 0 Å². The van der Waals surface area contributed by atoms with Gasteiger partial charge < -0.3 is 20.4 Å². The molecule has 0 aliphatic heterocycles. The van der Waals surface area contributed by atoms with E-state index in [0.29, 0.717) is 30.1 Å². The van der Waals surface area contributed by atoms with Crippen molar-refractivity contribution in [3.8, 4) is 17.1 Å². The Balaban J connectivity index is 1.49. The highest BCUT2D eigenvalue weighted by atomic mass is 16.5. The zero-order valence-electron chi connectivity index (χ0n) is 19.8. The highest BCUT2D eigenvalue weighted by molar-refractivity contribution is 5.93. The van der Waals surface area contributed by atoms with Gasteiger partial charge in [0.2, 0.25) is 11.8 Å². The number of nitrogens with zero attached hydrogens (tertiary/aromatic N) is 3. The number of hydrogen-bond acceptors (Lipinski definition) is 6. The molecular weight excluding hydrogens is 446 g/mol. The monoisotopic (exact) mass is 475 g/mol.